The van der Waals surface area contributed by atoms with Gasteiger partial charge in [0.1, 0.15) is 17.2 Å². The van der Waals surface area contributed by atoms with Crippen molar-refractivity contribution in [2.45, 2.75) is 6.54 Å². The lowest BCUT2D eigenvalue weighted by Crippen LogP contribution is -2.44. The predicted molar refractivity (Wildman–Crippen MR) is 133 cm³/mol. The first-order valence-corrected chi connectivity index (χ1v) is 11.5. The Morgan fingerprint density at radius 2 is 1.68 bits per heavy atom. The van der Waals surface area contributed by atoms with Gasteiger partial charge in [-0.2, -0.15) is 0 Å². The Morgan fingerprint density at radius 1 is 0.941 bits per heavy atom. The molecular weight excluding hydrogens is 430 g/mol. The molecule has 0 atom stereocenters. The number of rotatable bonds is 9. The Labute approximate surface area is 200 Å². The highest BCUT2D eigenvalue weighted by molar-refractivity contribution is 5.89. The van der Waals surface area contributed by atoms with Crippen molar-refractivity contribution in [1.29, 1.82) is 0 Å². The SMILES string of the molecule is COc1ccc(NC(=O)N(CCN2CCOCC2)Cc2cccc(Oc3ccccc3)c2)cc1. The van der Waals surface area contributed by atoms with Gasteiger partial charge in [-0.25, -0.2) is 4.79 Å². The first-order valence-electron chi connectivity index (χ1n) is 11.5. The van der Waals surface area contributed by atoms with E-state index in [9.17, 15) is 4.79 Å². The van der Waals surface area contributed by atoms with Gasteiger partial charge in [0.2, 0.25) is 0 Å². The van der Waals surface area contributed by atoms with E-state index in [-0.39, 0.29) is 6.03 Å². The fourth-order valence-electron chi connectivity index (χ4n) is 3.77. The fraction of sp³-hybridized carbons (Fsp3) is 0.296. The molecule has 1 N–H and O–H groups in total. The molecule has 3 aromatic carbocycles. The molecular formula is C27H31N3O4. The second kappa shape index (κ2) is 12.1. The van der Waals surface area contributed by atoms with Crippen molar-refractivity contribution >= 4 is 11.7 Å². The van der Waals surface area contributed by atoms with E-state index in [1.165, 1.54) is 0 Å². The highest BCUT2D eigenvalue weighted by Gasteiger charge is 2.18. The summed E-state index contributed by atoms with van der Waals surface area (Å²) in [6, 6.07) is 24.7. The Kier molecular flexibility index (Phi) is 8.38. The summed E-state index contributed by atoms with van der Waals surface area (Å²) in [4.78, 5) is 17.4. The summed E-state index contributed by atoms with van der Waals surface area (Å²) >= 11 is 0. The number of hydrogen-bond donors (Lipinski definition) is 1. The van der Waals surface area contributed by atoms with Crippen molar-refractivity contribution in [2.24, 2.45) is 0 Å². The lowest BCUT2D eigenvalue weighted by Gasteiger charge is -2.30. The molecule has 0 aromatic heterocycles. The molecule has 1 heterocycles. The molecule has 1 aliphatic heterocycles. The molecule has 3 aromatic rings. The number of hydrogen-bond acceptors (Lipinski definition) is 5. The Bertz CT molecular complexity index is 1040. The van der Waals surface area contributed by atoms with Gasteiger partial charge in [-0.15, -0.1) is 0 Å². The number of para-hydroxylation sites is 1. The van der Waals surface area contributed by atoms with Crippen molar-refractivity contribution < 1.29 is 19.0 Å². The molecule has 4 rings (SSSR count). The highest BCUT2D eigenvalue weighted by Crippen LogP contribution is 2.23. The van der Waals surface area contributed by atoms with E-state index >= 15 is 0 Å². The molecule has 34 heavy (non-hydrogen) atoms. The Hall–Kier alpha value is -3.55. The number of morpholine rings is 1. The maximum absolute atomic E-state index is 13.2. The van der Waals surface area contributed by atoms with Gasteiger partial charge in [0.05, 0.1) is 20.3 Å². The molecule has 0 aliphatic carbocycles. The number of ether oxygens (including phenoxy) is 3. The maximum Gasteiger partial charge on any atom is 0.322 e. The monoisotopic (exact) mass is 461 g/mol. The van der Waals surface area contributed by atoms with Crippen molar-refractivity contribution in [1.82, 2.24) is 9.80 Å². The Morgan fingerprint density at radius 3 is 2.41 bits per heavy atom. The summed E-state index contributed by atoms with van der Waals surface area (Å²) in [5.41, 5.74) is 1.73. The fourth-order valence-corrected chi connectivity index (χ4v) is 3.77. The van der Waals surface area contributed by atoms with Crippen LogP contribution < -0.4 is 14.8 Å². The molecule has 7 heteroatoms. The van der Waals surface area contributed by atoms with Gasteiger partial charge in [0.25, 0.3) is 0 Å². The summed E-state index contributed by atoms with van der Waals surface area (Å²) in [6.45, 7) is 5.10. The molecule has 1 aliphatic rings. The topological polar surface area (TPSA) is 63.3 Å². The van der Waals surface area contributed by atoms with Gasteiger partial charge in [0.15, 0.2) is 0 Å². The maximum atomic E-state index is 13.2. The predicted octanol–water partition coefficient (Wildman–Crippen LogP) is 4.85. The first kappa shape index (κ1) is 23.6. The van der Waals surface area contributed by atoms with Gasteiger partial charge in [0, 0.05) is 38.4 Å². The molecule has 0 radical (unpaired) electrons. The highest BCUT2D eigenvalue weighted by atomic mass is 16.5. The van der Waals surface area contributed by atoms with Crippen LogP contribution in [0.5, 0.6) is 17.2 Å². The van der Waals surface area contributed by atoms with E-state index in [1.54, 1.807) is 7.11 Å². The standard InChI is InChI=1S/C27H31N3O4/c1-32-24-12-10-23(11-13-24)28-27(31)30(15-14-29-16-18-33-19-17-29)21-22-6-5-9-26(20-22)34-25-7-3-2-4-8-25/h2-13,20H,14-19,21H2,1H3,(H,28,31). The zero-order valence-electron chi connectivity index (χ0n) is 19.5. The van der Waals surface area contributed by atoms with E-state index < -0.39 is 0 Å². The molecule has 0 spiro atoms. The van der Waals surface area contributed by atoms with Crippen LogP contribution in [0.15, 0.2) is 78.9 Å². The normalized spacial score (nSPS) is 13.8. The minimum absolute atomic E-state index is 0.146. The summed E-state index contributed by atoms with van der Waals surface area (Å²) in [5.74, 6) is 2.27. The number of carbonyl (C=O) groups is 1. The van der Waals surface area contributed by atoms with Crippen LogP contribution in [0.3, 0.4) is 0 Å². The molecule has 2 amide bonds. The third kappa shape index (κ3) is 6.97. The van der Waals surface area contributed by atoms with Crippen LogP contribution >= 0.6 is 0 Å². The van der Waals surface area contributed by atoms with Gasteiger partial charge < -0.3 is 24.4 Å². The lowest BCUT2D eigenvalue weighted by molar-refractivity contribution is 0.0349. The molecule has 1 fully saturated rings. The molecule has 0 saturated carbocycles. The van der Waals surface area contributed by atoms with Crippen LogP contribution in [0.2, 0.25) is 0 Å². The van der Waals surface area contributed by atoms with Crippen LogP contribution in [0.1, 0.15) is 5.56 Å². The van der Waals surface area contributed by atoms with E-state index in [4.69, 9.17) is 14.2 Å². The third-order valence-electron chi connectivity index (χ3n) is 5.67. The number of nitrogens with zero attached hydrogens (tertiary/aromatic N) is 2. The molecule has 178 valence electrons. The van der Waals surface area contributed by atoms with E-state index in [2.05, 4.69) is 10.2 Å². The van der Waals surface area contributed by atoms with Crippen molar-refractivity contribution in [3.63, 3.8) is 0 Å². The minimum Gasteiger partial charge on any atom is -0.497 e. The quantitative estimate of drug-likeness (QED) is 0.493. The molecule has 1 saturated heterocycles. The summed E-state index contributed by atoms with van der Waals surface area (Å²) < 4.78 is 16.6. The van der Waals surface area contributed by atoms with Crippen LogP contribution in [0.25, 0.3) is 0 Å². The number of anilines is 1. The van der Waals surface area contributed by atoms with Gasteiger partial charge in [-0.3, -0.25) is 4.90 Å². The number of methoxy groups -OCH3 is 1. The van der Waals surface area contributed by atoms with Crippen LogP contribution in [-0.2, 0) is 11.3 Å². The van der Waals surface area contributed by atoms with Gasteiger partial charge in [-0.1, -0.05) is 30.3 Å². The Balaban J connectivity index is 1.45. The van der Waals surface area contributed by atoms with Gasteiger partial charge >= 0.3 is 6.03 Å². The summed E-state index contributed by atoms with van der Waals surface area (Å²) in [5, 5.41) is 3.01. The largest absolute Gasteiger partial charge is 0.497 e. The van der Waals surface area contributed by atoms with E-state index in [0.717, 1.165) is 61.3 Å². The average Bonchev–Trinajstić information content (AvgIpc) is 2.88. The second-order valence-electron chi connectivity index (χ2n) is 8.10. The van der Waals surface area contributed by atoms with Crippen LogP contribution in [-0.4, -0.2) is 62.3 Å². The first-order chi connectivity index (χ1) is 16.7. The zero-order valence-corrected chi connectivity index (χ0v) is 19.5. The van der Waals surface area contributed by atoms with E-state index in [1.807, 2.05) is 83.8 Å². The van der Waals surface area contributed by atoms with E-state index in [0.29, 0.717) is 13.1 Å². The zero-order chi connectivity index (χ0) is 23.6. The number of benzene rings is 3. The molecule has 7 nitrogen and oxygen atoms in total. The smallest absolute Gasteiger partial charge is 0.322 e. The van der Waals surface area contributed by atoms with Crippen LogP contribution in [0, 0.1) is 0 Å². The molecule has 0 unspecified atom stereocenters. The van der Waals surface area contributed by atoms with Crippen molar-refractivity contribution in [3.05, 3.63) is 84.4 Å². The van der Waals surface area contributed by atoms with Crippen molar-refractivity contribution in [2.75, 3.05) is 51.8 Å². The second-order valence-corrected chi connectivity index (χ2v) is 8.10. The van der Waals surface area contributed by atoms with Crippen LogP contribution in [0.4, 0.5) is 10.5 Å². The van der Waals surface area contributed by atoms with Gasteiger partial charge in [-0.05, 0) is 54.1 Å². The summed E-state index contributed by atoms with van der Waals surface area (Å²) in [6.07, 6.45) is 0. The van der Waals surface area contributed by atoms with Crippen molar-refractivity contribution in [3.8, 4) is 17.2 Å². The summed E-state index contributed by atoms with van der Waals surface area (Å²) in [7, 11) is 1.62. The molecule has 0 bridgehead atoms. The third-order valence-corrected chi connectivity index (χ3v) is 5.67. The average molecular weight is 462 g/mol. The number of carbonyl (C=O) groups excluding carboxylic acids is 1. The number of amides is 2. The minimum atomic E-state index is -0.146. The number of urea groups is 1. The lowest BCUT2D eigenvalue weighted by atomic mass is 10.2. The number of nitrogens with one attached hydrogen (secondary N) is 1.